The van der Waals surface area contributed by atoms with Crippen LogP contribution in [0.25, 0.3) is 10.9 Å². The lowest BCUT2D eigenvalue weighted by Gasteiger charge is -2.10. The summed E-state index contributed by atoms with van der Waals surface area (Å²) in [6, 6.07) is 11.0. The van der Waals surface area contributed by atoms with Crippen LogP contribution < -0.4 is 10.6 Å². The molecule has 3 rings (SSSR count). The average molecular weight is 381 g/mol. The molecule has 0 aliphatic rings. The van der Waals surface area contributed by atoms with E-state index >= 15 is 0 Å². The van der Waals surface area contributed by atoms with E-state index in [-0.39, 0.29) is 5.91 Å². The number of carbonyl (C=O) groups is 2. The number of aryl methyl sites for hydroxylation is 1. The second kappa shape index (κ2) is 8.25. The van der Waals surface area contributed by atoms with Gasteiger partial charge in [-0.25, -0.2) is 4.39 Å². The summed E-state index contributed by atoms with van der Waals surface area (Å²) in [7, 11) is 0. The van der Waals surface area contributed by atoms with E-state index in [0.717, 1.165) is 22.9 Å². The van der Waals surface area contributed by atoms with Crippen LogP contribution in [0.3, 0.4) is 0 Å². The molecular weight excluding hydrogens is 357 g/mol. The van der Waals surface area contributed by atoms with Crippen molar-refractivity contribution in [2.45, 2.75) is 27.2 Å². The van der Waals surface area contributed by atoms with Crippen LogP contribution in [0.4, 0.5) is 10.1 Å². The van der Waals surface area contributed by atoms with E-state index in [1.54, 1.807) is 0 Å². The van der Waals surface area contributed by atoms with Gasteiger partial charge in [0.25, 0.3) is 11.8 Å². The van der Waals surface area contributed by atoms with Gasteiger partial charge in [-0.2, -0.15) is 0 Å². The highest BCUT2D eigenvalue weighted by molar-refractivity contribution is 6.15. The van der Waals surface area contributed by atoms with E-state index in [9.17, 15) is 14.0 Å². The molecule has 0 aliphatic heterocycles. The van der Waals surface area contributed by atoms with E-state index in [2.05, 4.69) is 29.5 Å². The molecule has 3 aromatic rings. The Kier molecular flexibility index (Phi) is 5.78. The van der Waals surface area contributed by atoms with E-state index < -0.39 is 11.7 Å². The number of amides is 2. The van der Waals surface area contributed by atoms with Crippen molar-refractivity contribution in [1.82, 2.24) is 10.3 Å². The Morgan fingerprint density at radius 3 is 2.46 bits per heavy atom. The molecule has 0 spiro atoms. The highest BCUT2D eigenvalue weighted by atomic mass is 19.1. The Morgan fingerprint density at radius 1 is 1.07 bits per heavy atom. The molecule has 0 saturated heterocycles. The molecule has 28 heavy (non-hydrogen) atoms. The number of aromatic amines is 1. The number of hydrogen-bond acceptors (Lipinski definition) is 2. The van der Waals surface area contributed by atoms with Gasteiger partial charge in [-0.05, 0) is 55.7 Å². The Bertz CT molecular complexity index is 1010. The number of halogens is 1. The molecule has 1 heterocycles. The van der Waals surface area contributed by atoms with Crippen molar-refractivity contribution in [2.75, 3.05) is 11.9 Å². The van der Waals surface area contributed by atoms with Gasteiger partial charge in [0.05, 0.1) is 5.69 Å². The summed E-state index contributed by atoms with van der Waals surface area (Å²) in [5.74, 6) is -0.615. The lowest BCUT2D eigenvalue weighted by atomic mass is 10.1. The van der Waals surface area contributed by atoms with Crippen LogP contribution >= 0.6 is 0 Å². The molecule has 2 amide bonds. The molecule has 0 bridgehead atoms. The summed E-state index contributed by atoms with van der Waals surface area (Å²) in [4.78, 5) is 28.5. The zero-order valence-electron chi connectivity index (χ0n) is 16.2. The maximum atomic E-state index is 13.1. The molecule has 5 nitrogen and oxygen atoms in total. The number of rotatable bonds is 6. The van der Waals surface area contributed by atoms with Gasteiger partial charge in [0.2, 0.25) is 0 Å². The topological polar surface area (TPSA) is 74.0 Å². The Labute approximate surface area is 163 Å². The maximum Gasteiger partial charge on any atom is 0.269 e. The van der Waals surface area contributed by atoms with Gasteiger partial charge in [-0.3, -0.25) is 9.59 Å². The van der Waals surface area contributed by atoms with Crippen molar-refractivity contribution in [1.29, 1.82) is 0 Å². The smallest absolute Gasteiger partial charge is 0.269 e. The standard InChI is InChI=1S/C22H24FN3O2/c1-13(2)10-11-24-22(28)20-19(17-12-14(3)4-9-18(17)25-20)26-21(27)15-5-7-16(23)8-6-15/h4-9,12-13,25H,10-11H2,1-3H3,(H,24,28)(H,26,27). The van der Waals surface area contributed by atoms with E-state index in [1.165, 1.54) is 24.3 Å². The quantitative estimate of drug-likeness (QED) is 0.582. The Balaban J connectivity index is 1.93. The van der Waals surface area contributed by atoms with Gasteiger partial charge < -0.3 is 15.6 Å². The van der Waals surface area contributed by atoms with Gasteiger partial charge in [0.1, 0.15) is 11.5 Å². The monoisotopic (exact) mass is 381 g/mol. The van der Waals surface area contributed by atoms with E-state index in [0.29, 0.717) is 29.4 Å². The van der Waals surface area contributed by atoms with Crippen LogP contribution in [-0.4, -0.2) is 23.3 Å². The normalized spacial score (nSPS) is 11.0. The summed E-state index contributed by atoms with van der Waals surface area (Å²) in [6.07, 6.45) is 0.863. The highest BCUT2D eigenvalue weighted by Gasteiger charge is 2.20. The molecule has 0 fully saturated rings. The number of hydrogen-bond donors (Lipinski definition) is 3. The molecule has 2 aromatic carbocycles. The first-order valence-corrected chi connectivity index (χ1v) is 9.32. The van der Waals surface area contributed by atoms with Gasteiger partial charge >= 0.3 is 0 Å². The molecule has 0 aliphatic carbocycles. The lowest BCUT2D eigenvalue weighted by molar-refractivity contribution is 0.0948. The third-order valence-corrected chi connectivity index (χ3v) is 4.53. The molecular formula is C22H24FN3O2. The van der Waals surface area contributed by atoms with Crippen molar-refractivity contribution in [2.24, 2.45) is 5.92 Å². The molecule has 0 atom stereocenters. The van der Waals surface area contributed by atoms with Gasteiger partial charge in [-0.1, -0.05) is 25.5 Å². The van der Waals surface area contributed by atoms with E-state index in [1.807, 2.05) is 25.1 Å². The third kappa shape index (κ3) is 4.39. The van der Waals surface area contributed by atoms with Crippen molar-refractivity contribution < 1.29 is 14.0 Å². The summed E-state index contributed by atoms with van der Waals surface area (Å²) < 4.78 is 13.1. The molecule has 1 aromatic heterocycles. The first-order valence-electron chi connectivity index (χ1n) is 9.32. The van der Waals surface area contributed by atoms with Gasteiger partial charge in [0.15, 0.2) is 0 Å². The minimum atomic E-state index is -0.413. The highest BCUT2D eigenvalue weighted by Crippen LogP contribution is 2.29. The van der Waals surface area contributed by atoms with Crippen molar-refractivity contribution in [3.8, 4) is 0 Å². The van der Waals surface area contributed by atoms with Gasteiger partial charge in [0, 0.05) is 23.0 Å². The van der Waals surface area contributed by atoms with Crippen molar-refractivity contribution >= 4 is 28.4 Å². The molecule has 3 N–H and O–H groups in total. The fraction of sp³-hybridized carbons (Fsp3) is 0.273. The summed E-state index contributed by atoms with van der Waals surface area (Å²) >= 11 is 0. The lowest BCUT2D eigenvalue weighted by Crippen LogP contribution is -2.27. The number of benzene rings is 2. The van der Waals surface area contributed by atoms with Crippen molar-refractivity contribution in [3.05, 3.63) is 65.1 Å². The summed E-state index contributed by atoms with van der Waals surface area (Å²) in [6.45, 7) is 6.68. The second-order valence-electron chi connectivity index (χ2n) is 7.32. The molecule has 146 valence electrons. The predicted molar refractivity (Wildman–Crippen MR) is 109 cm³/mol. The minimum Gasteiger partial charge on any atom is -0.351 e. The SMILES string of the molecule is Cc1ccc2[nH]c(C(=O)NCCC(C)C)c(NC(=O)c3ccc(F)cc3)c2c1. The Morgan fingerprint density at radius 2 is 1.79 bits per heavy atom. The third-order valence-electron chi connectivity index (χ3n) is 4.53. The van der Waals surface area contributed by atoms with E-state index in [4.69, 9.17) is 0 Å². The number of nitrogens with one attached hydrogen (secondary N) is 3. The van der Waals surface area contributed by atoms with Crippen molar-refractivity contribution in [3.63, 3.8) is 0 Å². The van der Waals surface area contributed by atoms with Gasteiger partial charge in [-0.15, -0.1) is 0 Å². The summed E-state index contributed by atoms with van der Waals surface area (Å²) in [5.41, 5.74) is 2.81. The fourth-order valence-corrected chi connectivity index (χ4v) is 2.96. The first-order chi connectivity index (χ1) is 13.3. The van der Waals surface area contributed by atoms with Crippen LogP contribution in [0.1, 0.15) is 46.7 Å². The van der Waals surface area contributed by atoms with Crippen LogP contribution in [0.5, 0.6) is 0 Å². The zero-order valence-corrected chi connectivity index (χ0v) is 16.2. The largest absolute Gasteiger partial charge is 0.351 e. The zero-order chi connectivity index (χ0) is 20.3. The van der Waals surface area contributed by atoms with Crippen LogP contribution in [-0.2, 0) is 0 Å². The average Bonchev–Trinajstić information content (AvgIpc) is 2.99. The summed E-state index contributed by atoms with van der Waals surface area (Å²) in [5, 5.41) is 6.47. The second-order valence-corrected chi connectivity index (χ2v) is 7.32. The van der Waals surface area contributed by atoms with Crippen LogP contribution in [0, 0.1) is 18.7 Å². The number of aromatic nitrogens is 1. The number of fused-ring (bicyclic) bond motifs is 1. The first kappa shape index (κ1) is 19.6. The minimum absolute atomic E-state index is 0.274. The van der Waals surface area contributed by atoms with Crippen LogP contribution in [0.15, 0.2) is 42.5 Å². The molecule has 0 saturated carbocycles. The molecule has 0 radical (unpaired) electrons. The molecule has 6 heteroatoms. The predicted octanol–water partition coefficient (Wildman–Crippen LogP) is 4.64. The Hall–Kier alpha value is -3.15. The number of anilines is 1. The number of carbonyl (C=O) groups excluding carboxylic acids is 2. The number of H-pyrrole nitrogens is 1. The maximum absolute atomic E-state index is 13.1. The fourth-order valence-electron chi connectivity index (χ4n) is 2.96. The molecule has 0 unspecified atom stereocenters. The van der Waals surface area contributed by atoms with Crippen LogP contribution in [0.2, 0.25) is 0 Å².